The third-order valence-electron chi connectivity index (χ3n) is 2.27. The van der Waals surface area contributed by atoms with Crippen molar-refractivity contribution in [2.75, 3.05) is 0 Å². The van der Waals surface area contributed by atoms with Gasteiger partial charge in [-0.05, 0) is 0 Å². The molecule has 0 aromatic heterocycles. The third-order valence-corrected chi connectivity index (χ3v) is 4.68. The molecule has 0 aliphatic carbocycles. The van der Waals surface area contributed by atoms with E-state index in [0.29, 0.717) is 16.6 Å². The van der Waals surface area contributed by atoms with Crippen LogP contribution in [-0.4, -0.2) is 14.5 Å². The van der Waals surface area contributed by atoms with Gasteiger partial charge < -0.3 is 3.79 Å². The molecule has 0 fully saturated rings. The number of hydrogen-bond donors (Lipinski definition) is 0. The minimum Gasteiger partial charge on any atom is -0.640 e. The summed E-state index contributed by atoms with van der Waals surface area (Å²) in [5.41, 5.74) is 0. The maximum atomic E-state index is 13.2. The molecule has 1 aromatic carbocycles. The van der Waals surface area contributed by atoms with Crippen LogP contribution in [0.3, 0.4) is 0 Å². The molecular weight excluding hydrogens is 239 g/mol. The molecule has 0 N–H and O–H groups in total. The molecule has 16 heavy (non-hydrogen) atoms. The van der Waals surface area contributed by atoms with Gasteiger partial charge in [-0.1, -0.05) is 24.4 Å². The molecule has 1 rings (SSSR count). The summed E-state index contributed by atoms with van der Waals surface area (Å²) in [6.45, 7) is 3.71. The van der Waals surface area contributed by atoms with Gasteiger partial charge >= 0.3 is 14.5 Å². The van der Waals surface area contributed by atoms with Crippen LogP contribution in [0, 0.1) is 23.3 Å². The first kappa shape index (κ1) is 13.3. The molecule has 0 spiro atoms. The monoisotopic (exact) mass is 250 g/mol. The third kappa shape index (κ3) is 2.69. The van der Waals surface area contributed by atoms with E-state index in [1.54, 1.807) is 0 Å². The van der Waals surface area contributed by atoms with Gasteiger partial charge in [-0.3, -0.25) is 0 Å². The second-order valence-corrected chi connectivity index (χ2v) is 6.47. The summed E-state index contributed by atoms with van der Waals surface area (Å²) in [7, 11) is 0. The zero-order valence-electron chi connectivity index (χ0n) is 8.99. The maximum absolute atomic E-state index is 13.2. The Hall–Kier alpha value is -0.728. The SMILES string of the molecule is C[CH2][Al]([CH2]C)[O]c1cc(F)c(F)c(F)c1F. The van der Waals surface area contributed by atoms with Gasteiger partial charge in [-0.25, -0.2) is 13.2 Å². The van der Waals surface area contributed by atoms with Crippen LogP contribution in [0.2, 0.25) is 10.6 Å². The highest BCUT2D eigenvalue weighted by atomic mass is 27.2. The average molecular weight is 250 g/mol. The highest BCUT2D eigenvalue weighted by Crippen LogP contribution is 2.25. The van der Waals surface area contributed by atoms with Crippen molar-refractivity contribution in [2.45, 2.75) is 24.4 Å². The van der Waals surface area contributed by atoms with Crippen LogP contribution in [0.5, 0.6) is 5.75 Å². The lowest BCUT2D eigenvalue weighted by Crippen LogP contribution is -2.20. The van der Waals surface area contributed by atoms with Gasteiger partial charge in [0.15, 0.2) is 17.5 Å². The first-order valence-electron chi connectivity index (χ1n) is 5.00. The van der Waals surface area contributed by atoms with Crippen LogP contribution in [0.25, 0.3) is 0 Å². The van der Waals surface area contributed by atoms with Crippen LogP contribution in [0.4, 0.5) is 17.6 Å². The van der Waals surface area contributed by atoms with Crippen LogP contribution in [-0.2, 0) is 0 Å². The molecule has 1 nitrogen and oxygen atoms in total. The summed E-state index contributed by atoms with van der Waals surface area (Å²) in [6, 6.07) is 0.555. The smallest absolute Gasteiger partial charge is 0.546 e. The molecule has 88 valence electrons. The van der Waals surface area contributed by atoms with Gasteiger partial charge in [0.25, 0.3) is 0 Å². The first-order chi connectivity index (χ1) is 7.51. The Morgan fingerprint density at radius 2 is 1.56 bits per heavy atom. The second kappa shape index (κ2) is 5.56. The quantitative estimate of drug-likeness (QED) is 0.343. The molecule has 0 unspecified atom stereocenters. The normalized spacial score (nSPS) is 10.4. The molecule has 1 aromatic rings. The molecule has 0 heterocycles. The van der Waals surface area contributed by atoms with Crippen LogP contribution in [0.15, 0.2) is 6.07 Å². The zero-order chi connectivity index (χ0) is 12.3. The number of rotatable bonds is 4. The Morgan fingerprint density at radius 1 is 1.00 bits per heavy atom. The zero-order valence-corrected chi connectivity index (χ0v) is 10.1. The summed E-state index contributed by atoms with van der Waals surface area (Å²) in [4.78, 5) is 0. The van der Waals surface area contributed by atoms with E-state index in [0.717, 1.165) is 0 Å². The van der Waals surface area contributed by atoms with Gasteiger partial charge in [-0.2, -0.15) is 4.39 Å². The van der Waals surface area contributed by atoms with E-state index in [9.17, 15) is 17.6 Å². The number of benzene rings is 1. The van der Waals surface area contributed by atoms with Gasteiger partial charge in [0.2, 0.25) is 5.82 Å². The number of halogens is 4. The van der Waals surface area contributed by atoms with E-state index in [1.165, 1.54) is 0 Å². The molecule has 0 aliphatic rings. The van der Waals surface area contributed by atoms with Gasteiger partial charge in [0, 0.05) is 6.07 Å². The van der Waals surface area contributed by atoms with E-state index < -0.39 is 43.5 Å². The van der Waals surface area contributed by atoms with Crippen molar-refractivity contribution < 1.29 is 21.4 Å². The van der Waals surface area contributed by atoms with E-state index in [1.807, 2.05) is 13.8 Å². The largest absolute Gasteiger partial charge is 0.640 e. The molecule has 0 aliphatic heterocycles. The highest BCUT2D eigenvalue weighted by Gasteiger charge is 2.24. The van der Waals surface area contributed by atoms with Crippen LogP contribution < -0.4 is 3.79 Å². The first-order valence-corrected chi connectivity index (χ1v) is 7.11. The van der Waals surface area contributed by atoms with E-state index >= 15 is 0 Å². The fraction of sp³-hybridized carbons (Fsp3) is 0.400. The van der Waals surface area contributed by atoms with Crippen LogP contribution in [0.1, 0.15) is 13.8 Å². The molecule has 0 radical (unpaired) electrons. The van der Waals surface area contributed by atoms with Crippen molar-refractivity contribution in [1.29, 1.82) is 0 Å². The van der Waals surface area contributed by atoms with E-state index in [2.05, 4.69) is 0 Å². The number of hydrogen-bond acceptors (Lipinski definition) is 1. The van der Waals surface area contributed by atoms with Crippen molar-refractivity contribution in [3.05, 3.63) is 29.3 Å². The van der Waals surface area contributed by atoms with Crippen molar-refractivity contribution in [2.24, 2.45) is 0 Å². The summed E-state index contributed by atoms with van der Waals surface area (Å²) in [5, 5.41) is 1.41. The van der Waals surface area contributed by atoms with E-state index in [4.69, 9.17) is 3.79 Å². The predicted octanol–water partition coefficient (Wildman–Crippen LogP) is 3.65. The predicted molar refractivity (Wildman–Crippen MR) is 53.6 cm³/mol. The molecule has 0 atom stereocenters. The second-order valence-electron chi connectivity index (χ2n) is 3.35. The Balaban J connectivity index is 3.05. The van der Waals surface area contributed by atoms with Gasteiger partial charge in [0.1, 0.15) is 5.75 Å². The van der Waals surface area contributed by atoms with Gasteiger partial charge in [0.05, 0.1) is 0 Å². The lowest BCUT2D eigenvalue weighted by atomic mass is 10.3. The maximum Gasteiger partial charge on any atom is 0.546 e. The average Bonchev–Trinajstić information content (AvgIpc) is 2.29. The summed E-state index contributed by atoms with van der Waals surface area (Å²) < 4.78 is 56.7. The van der Waals surface area contributed by atoms with Crippen molar-refractivity contribution in [1.82, 2.24) is 0 Å². The summed E-state index contributed by atoms with van der Waals surface area (Å²) in [6.07, 6.45) is 0. The lowest BCUT2D eigenvalue weighted by Gasteiger charge is -2.13. The summed E-state index contributed by atoms with van der Waals surface area (Å²) >= 11 is -1.70. The molecule has 6 heteroatoms. The van der Waals surface area contributed by atoms with Crippen molar-refractivity contribution >= 4 is 14.5 Å². The Labute approximate surface area is 95.8 Å². The molecular formula is C10H11AlF4O. The highest BCUT2D eigenvalue weighted by molar-refractivity contribution is 6.52. The molecule has 0 amide bonds. The minimum absolute atomic E-state index is 0.531. The fourth-order valence-electron chi connectivity index (χ4n) is 1.27. The fourth-order valence-corrected chi connectivity index (χ4v) is 2.71. The standard InChI is InChI=1S/C6H2F4O.2C2H5.Al/c7-2-1-3(11)5(9)6(10)4(2)8;2*1-2;/h1,11H;2*1H2,2H3;/q;;;+1/p-1. The molecule has 0 saturated heterocycles. The van der Waals surface area contributed by atoms with Crippen molar-refractivity contribution in [3.8, 4) is 5.75 Å². The van der Waals surface area contributed by atoms with E-state index in [-0.39, 0.29) is 0 Å². The lowest BCUT2D eigenvalue weighted by molar-refractivity contribution is 0.386. The minimum atomic E-state index is -1.82. The van der Waals surface area contributed by atoms with Crippen molar-refractivity contribution in [3.63, 3.8) is 0 Å². The Bertz CT molecular complexity index is 380. The molecule has 0 saturated carbocycles. The Morgan fingerprint density at radius 3 is 2.06 bits per heavy atom. The molecule has 0 bridgehead atoms. The topological polar surface area (TPSA) is 9.23 Å². The Kier molecular flexibility index (Phi) is 4.63. The summed E-state index contributed by atoms with van der Waals surface area (Å²) in [5.74, 6) is -7.06. The van der Waals surface area contributed by atoms with Crippen LogP contribution >= 0.6 is 0 Å². The van der Waals surface area contributed by atoms with Gasteiger partial charge in [-0.15, -0.1) is 0 Å².